The molecule has 27 heavy (non-hydrogen) atoms. The van der Waals surface area contributed by atoms with Crippen molar-refractivity contribution in [3.05, 3.63) is 24.3 Å². The van der Waals surface area contributed by atoms with E-state index < -0.39 is 16.6 Å². The molecule has 0 aliphatic heterocycles. The second kappa shape index (κ2) is 10.5. The highest BCUT2D eigenvalue weighted by Gasteiger charge is 2.39. The molecule has 0 fully saturated rings. The predicted octanol–water partition coefficient (Wildman–Crippen LogP) is 6.53. The monoisotopic (exact) mass is 414 g/mol. The Hall–Kier alpha value is -0.206. The first-order valence-electron chi connectivity index (χ1n) is 10.3. The molecule has 0 rings (SSSR count). The number of aliphatic hydroxyl groups excluding tert-OH is 1. The molecular weight excluding hydrogens is 368 g/mol. The normalized spacial score (nSPS) is 17.0. The average molecular weight is 415 g/mol. The molecule has 0 amide bonds. The summed E-state index contributed by atoms with van der Waals surface area (Å²) in [4.78, 5) is 0. The van der Waals surface area contributed by atoms with E-state index in [1.807, 2.05) is 0 Å². The molecule has 0 saturated heterocycles. The van der Waals surface area contributed by atoms with Crippen molar-refractivity contribution in [2.45, 2.75) is 97.3 Å². The molecular formula is C22H46O3Si2. The van der Waals surface area contributed by atoms with Gasteiger partial charge in [0.15, 0.2) is 16.6 Å². The third kappa shape index (κ3) is 9.22. The fourth-order valence-corrected chi connectivity index (χ4v) is 4.47. The zero-order valence-electron chi connectivity index (χ0n) is 19.8. The molecule has 160 valence electrons. The van der Waals surface area contributed by atoms with Gasteiger partial charge in [-0.15, -0.1) is 0 Å². The maximum atomic E-state index is 9.45. The Morgan fingerprint density at radius 2 is 1.41 bits per heavy atom. The van der Waals surface area contributed by atoms with Crippen molar-refractivity contribution in [3.8, 4) is 0 Å². The quantitative estimate of drug-likeness (QED) is 0.326. The van der Waals surface area contributed by atoms with Crippen molar-refractivity contribution >= 4 is 16.6 Å². The van der Waals surface area contributed by atoms with Crippen LogP contribution in [0.5, 0.6) is 0 Å². The Bertz CT molecular complexity index is 483. The highest BCUT2D eigenvalue weighted by atomic mass is 28.4. The van der Waals surface area contributed by atoms with Gasteiger partial charge < -0.3 is 14.0 Å². The fourth-order valence-electron chi connectivity index (χ4n) is 2.08. The van der Waals surface area contributed by atoms with E-state index in [1.54, 1.807) is 0 Å². The van der Waals surface area contributed by atoms with E-state index in [4.69, 9.17) is 8.85 Å². The van der Waals surface area contributed by atoms with Gasteiger partial charge in [0, 0.05) is 6.61 Å². The fraction of sp³-hybridized carbons (Fsp3) is 0.818. The van der Waals surface area contributed by atoms with Crippen LogP contribution in [-0.2, 0) is 8.85 Å². The summed E-state index contributed by atoms with van der Waals surface area (Å²) >= 11 is 0. The van der Waals surface area contributed by atoms with Crippen LogP contribution in [-0.4, -0.2) is 41.1 Å². The van der Waals surface area contributed by atoms with Gasteiger partial charge in [0.2, 0.25) is 0 Å². The summed E-state index contributed by atoms with van der Waals surface area (Å²) in [6.07, 6.45) is 9.14. The molecule has 2 atom stereocenters. The van der Waals surface area contributed by atoms with E-state index >= 15 is 0 Å². The molecule has 0 saturated carbocycles. The zero-order chi connectivity index (χ0) is 21.5. The third-order valence-electron chi connectivity index (χ3n) is 6.26. The molecule has 0 aromatic rings. The molecule has 5 heteroatoms. The van der Waals surface area contributed by atoms with Crippen LogP contribution in [0, 0.1) is 5.92 Å². The van der Waals surface area contributed by atoms with Crippen LogP contribution in [0.1, 0.15) is 54.9 Å². The van der Waals surface area contributed by atoms with E-state index in [2.05, 4.69) is 99.0 Å². The first-order valence-corrected chi connectivity index (χ1v) is 16.1. The van der Waals surface area contributed by atoms with Crippen molar-refractivity contribution < 1.29 is 14.0 Å². The maximum absolute atomic E-state index is 9.45. The summed E-state index contributed by atoms with van der Waals surface area (Å²) < 4.78 is 12.7. The van der Waals surface area contributed by atoms with Crippen LogP contribution >= 0.6 is 0 Å². The Labute approximate surface area is 171 Å². The van der Waals surface area contributed by atoms with Gasteiger partial charge in [0.25, 0.3) is 0 Å². The molecule has 0 unspecified atom stereocenters. The van der Waals surface area contributed by atoms with Gasteiger partial charge in [-0.25, -0.2) is 0 Å². The van der Waals surface area contributed by atoms with Gasteiger partial charge in [-0.2, -0.15) is 0 Å². The number of aliphatic hydroxyl groups is 1. The Morgan fingerprint density at radius 1 is 0.889 bits per heavy atom. The van der Waals surface area contributed by atoms with Gasteiger partial charge in [-0.3, -0.25) is 0 Å². The lowest BCUT2D eigenvalue weighted by Gasteiger charge is -2.40. The predicted molar refractivity (Wildman–Crippen MR) is 124 cm³/mol. The number of hydrogen-bond acceptors (Lipinski definition) is 3. The van der Waals surface area contributed by atoms with Crippen molar-refractivity contribution in [1.29, 1.82) is 0 Å². The summed E-state index contributed by atoms with van der Waals surface area (Å²) in [6, 6.07) is 0. The van der Waals surface area contributed by atoms with E-state index in [1.165, 1.54) is 0 Å². The molecule has 0 aliphatic rings. The summed E-state index contributed by atoms with van der Waals surface area (Å²) in [7, 11) is -3.52. The van der Waals surface area contributed by atoms with Crippen LogP contribution < -0.4 is 0 Å². The topological polar surface area (TPSA) is 38.7 Å². The lowest BCUT2D eigenvalue weighted by Crippen LogP contribution is -2.45. The zero-order valence-corrected chi connectivity index (χ0v) is 21.8. The average Bonchev–Trinajstić information content (AvgIpc) is 2.47. The van der Waals surface area contributed by atoms with Crippen molar-refractivity contribution in [1.82, 2.24) is 0 Å². The van der Waals surface area contributed by atoms with Crippen molar-refractivity contribution in [2.24, 2.45) is 5.92 Å². The molecule has 3 nitrogen and oxygen atoms in total. The molecule has 0 bridgehead atoms. The first kappa shape index (κ1) is 26.8. The molecule has 1 N–H and O–H groups in total. The Balaban J connectivity index is 4.75. The number of rotatable bonds is 10. The molecule has 0 spiro atoms. The molecule has 0 aliphatic carbocycles. The van der Waals surface area contributed by atoms with Crippen LogP contribution in [0.25, 0.3) is 0 Å². The minimum Gasteiger partial charge on any atom is -0.413 e. The van der Waals surface area contributed by atoms with Crippen LogP contribution in [0.15, 0.2) is 24.3 Å². The van der Waals surface area contributed by atoms with E-state index in [0.29, 0.717) is 13.0 Å². The maximum Gasteiger partial charge on any atom is 0.192 e. The highest BCUT2D eigenvalue weighted by Crippen LogP contribution is 2.38. The van der Waals surface area contributed by atoms with E-state index in [-0.39, 0.29) is 28.7 Å². The molecule has 0 aromatic carbocycles. The second-order valence-corrected chi connectivity index (χ2v) is 20.2. The largest absolute Gasteiger partial charge is 0.413 e. The van der Waals surface area contributed by atoms with Crippen LogP contribution in [0.2, 0.25) is 36.3 Å². The third-order valence-corrected chi connectivity index (χ3v) is 15.3. The first-order chi connectivity index (χ1) is 12.0. The van der Waals surface area contributed by atoms with Gasteiger partial charge in [-0.1, -0.05) is 72.8 Å². The van der Waals surface area contributed by atoms with Crippen LogP contribution in [0.3, 0.4) is 0 Å². The highest BCUT2D eigenvalue weighted by molar-refractivity contribution is 6.74. The summed E-state index contributed by atoms with van der Waals surface area (Å²) in [5.41, 5.74) is 0. The molecule has 0 heterocycles. The summed E-state index contributed by atoms with van der Waals surface area (Å²) in [5.74, 6) is 0.261. The van der Waals surface area contributed by atoms with Gasteiger partial charge in [-0.05, 0) is 48.6 Å². The Kier molecular flexibility index (Phi) is 10.5. The number of allylic oxidation sites excluding steroid dienone is 2. The summed E-state index contributed by atoms with van der Waals surface area (Å²) in [5, 5.41) is 9.86. The smallest absolute Gasteiger partial charge is 0.192 e. The Morgan fingerprint density at radius 3 is 1.85 bits per heavy atom. The number of hydrogen-bond donors (Lipinski definition) is 1. The standard InChI is InChI=1S/C22H46O3Si2/c1-19(20(16-17-23)25-27(10,11)22(5,6)7)15-13-12-14-18-24-26(8,9)21(2,3)4/h12-15,19-20,23H,16-18H2,1-11H3/b14-12-,15-13+/t19-,20+/m1/s1. The minimum absolute atomic E-state index is 0.0593. The van der Waals surface area contributed by atoms with Crippen molar-refractivity contribution in [2.75, 3.05) is 13.2 Å². The van der Waals surface area contributed by atoms with Gasteiger partial charge in [0.05, 0.1) is 12.7 Å². The molecule has 0 aromatic heterocycles. The lowest BCUT2D eigenvalue weighted by molar-refractivity contribution is 0.111. The minimum atomic E-state index is -1.85. The summed E-state index contributed by atoms with van der Waals surface area (Å²) in [6.45, 7) is 25.6. The lowest BCUT2D eigenvalue weighted by atomic mass is 10.0. The van der Waals surface area contributed by atoms with E-state index in [0.717, 1.165) is 0 Å². The van der Waals surface area contributed by atoms with E-state index in [9.17, 15) is 5.11 Å². The second-order valence-electron chi connectivity index (χ2n) is 10.7. The SMILES string of the molecule is C[C@H](/C=C/C=C\CO[Si](C)(C)C(C)(C)C)[C@H](CCO)O[Si](C)(C)C(C)(C)C. The van der Waals surface area contributed by atoms with Crippen molar-refractivity contribution in [3.63, 3.8) is 0 Å². The van der Waals surface area contributed by atoms with Gasteiger partial charge >= 0.3 is 0 Å². The van der Waals surface area contributed by atoms with Gasteiger partial charge in [0.1, 0.15) is 0 Å². The molecule has 0 radical (unpaired) electrons. The van der Waals surface area contributed by atoms with Crippen LogP contribution in [0.4, 0.5) is 0 Å².